The number of hydrogen-bond donors (Lipinski definition) is 0. The molecule has 0 aliphatic carbocycles. The number of nitrogens with zero attached hydrogens (tertiary/aromatic N) is 3. The lowest BCUT2D eigenvalue weighted by Crippen LogP contribution is -2.45. The maximum Gasteiger partial charge on any atom is 0.263 e. The molecular weight excluding hydrogens is 453 g/mol. The van der Waals surface area contributed by atoms with Crippen LogP contribution in [0.5, 0.6) is 0 Å². The van der Waals surface area contributed by atoms with Crippen LogP contribution in [-0.2, 0) is 21.2 Å². The Morgan fingerprint density at radius 1 is 1.31 bits per heavy atom. The highest BCUT2D eigenvalue weighted by atomic mass is 32.2. The van der Waals surface area contributed by atoms with Crippen LogP contribution in [0, 0.1) is 11.7 Å². The van der Waals surface area contributed by atoms with Crippen molar-refractivity contribution in [2.24, 2.45) is 5.92 Å². The van der Waals surface area contributed by atoms with Gasteiger partial charge in [-0.05, 0) is 30.0 Å². The Balaban J connectivity index is 1.66. The van der Waals surface area contributed by atoms with E-state index in [0.29, 0.717) is 34.3 Å². The maximum atomic E-state index is 13.3. The Morgan fingerprint density at radius 2 is 2.03 bits per heavy atom. The molecule has 1 atom stereocenters. The zero-order valence-electron chi connectivity index (χ0n) is 17.8. The van der Waals surface area contributed by atoms with E-state index in [1.54, 1.807) is 22.4 Å². The van der Waals surface area contributed by atoms with Gasteiger partial charge in [0.25, 0.3) is 5.56 Å². The molecule has 4 rings (SSSR count). The molecule has 1 amide bonds. The highest BCUT2D eigenvalue weighted by Gasteiger charge is 2.35. The van der Waals surface area contributed by atoms with E-state index in [-0.39, 0.29) is 47.3 Å². The zero-order chi connectivity index (χ0) is 23.0. The number of rotatable bonds is 6. The molecule has 7 nitrogen and oxygen atoms in total. The number of thiophene rings is 1. The Kier molecular flexibility index (Phi) is 6.17. The summed E-state index contributed by atoms with van der Waals surface area (Å²) in [6.07, 6.45) is 1.76. The lowest BCUT2D eigenvalue weighted by atomic mass is 10.1. The molecule has 0 radical (unpaired) electrons. The number of amides is 1. The van der Waals surface area contributed by atoms with Gasteiger partial charge in [0.2, 0.25) is 5.91 Å². The molecule has 0 spiro atoms. The van der Waals surface area contributed by atoms with Crippen molar-refractivity contribution in [1.82, 2.24) is 14.5 Å². The largest absolute Gasteiger partial charge is 0.337 e. The van der Waals surface area contributed by atoms with Crippen LogP contribution < -0.4 is 5.56 Å². The predicted molar refractivity (Wildman–Crippen MR) is 123 cm³/mol. The van der Waals surface area contributed by atoms with E-state index < -0.39 is 9.84 Å². The number of carbonyl (C=O) groups excluding carboxylic acids is 1. The number of benzene rings is 1. The van der Waals surface area contributed by atoms with Gasteiger partial charge in [0.05, 0.1) is 23.2 Å². The number of hydrogen-bond acceptors (Lipinski definition) is 6. The van der Waals surface area contributed by atoms with Gasteiger partial charge in [-0.3, -0.25) is 14.2 Å². The molecule has 170 valence electrons. The molecule has 1 aromatic carbocycles. The van der Waals surface area contributed by atoms with Crippen LogP contribution in [0.4, 0.5) is 4.39 Å². The minimum absolute atomic E-state index is 0.0448. The zero-order valence-corrected chi connectivity index (χ0v) is 19.5. The number of fused-ring (bicyclic) bond motifs is 1. The molecule has 1 aliphatic rings. The van der Waals surface area contributed by atoms with E-state index in [1.165, 1.54) is 34.4 Å². The van der Waals surface area contributed by atoms with Gasteiger partial charge in [0.15, 0.2) is 9.84 Å². The fourth-order valence-corrected chi connectivity index (χ4v) is 6.66. The second kappa shape index (κ2) is 8.74. The minimum atomic E-state index is -3.15. The third-order valence-corrected chi connectivity index (χ3v) is 8.19. The summed E-state index contributed by atoms with van der Waals surface area (Å²) in [6.45, 7) is 4.13. The number of aromatic nitrogens is 2. The maximum absolute atomic E-state index is 13.3. The van der Waals surface area contributed by atoms with Crippen molar-refractivity contribution in [2.45, 2.75) is 32.9 Å². The summed E-state index contributed by atoms with van der Waals surface area (Å²) in [5.74, 6) is -0.488. The standard InChI is InChI=1S/C22H24FN3O4S2/c1-14(2)9-26(17-7-8-32(29,30)12-17)19(27)10-25-13-24-21-20(22(25)28)18(11-31-21)15-3-5-16(23)6-4-15/h3-6,11,13-14,17H,7-10,12H2,1-2H3. The highest BCUT2D eigenvalue weighted by molar-refractivity contribution is 7.91. The summed E-state index contributed by atoms with van der Waals surface area (Å²) < 4.78 is 38.5. The van der Waals surface area contributed by atoms with Gasteiger partial charge < -0.3 is 4.90 Å². The van der Waals surface area contributed by atoms with E-state index in [1.807, 2.05) is 13.8 Å². The van der Waals surface area contributed by atoms with Crippen molar-refractivity contribution in [2.75, 3.05) is 18.1 Å². The van der Waals surface area contributed by atoms with Crippen LogP contribution in [0.25, 0.3) is 21.3 Å². The van der Waals surface area contributed by atoms with E-state index in [2.05, 4.69) is 4.98 Å². The molecular formula is C22H24FN3O4S2. The molecule has 2 aromatic heterocycles. The molecule has 0 N–H and O–H groups in total. The van der Waals surface area contributed by atoms with Gasteiger partial charge >= 0.3 is 0 Å². The Hall–Kier alpha value is -2.59. The topological polar surface area (TPSA) is 89.3 Å². The first-order valence-corrected chi connectivity index (χ1v) is 13.1. The predicted octanol–water partition coefficient (Wildman–Crippen LogP) is 2.94. The summed E-state index contributed by atoms with van der Waals surface area (Å²) in [6, 6.07) is 5.49. The molecule has 32 heavy (non-hydrogen) atoms. The summed E-state index contributed by atoms with van der Waals surface area (Å²) in [5.41, 5.74) is 0.982. The lowest BCUT2D eigenvalue weighted by molar-refractivity contribution is -0.134. The minimum Gasteiger partial charge on any atom is -0.337 e. The summed E-state index contributed by atoms with van der Waals surface area (Å²) in [5, 5.41) is 2.18. The molecule has 0 bridgehead atoms. The fourth-order valence-electron chi connectivity index (χ4n) is 4.03. The highest BCUT2D eigenvalue weighted by Crippen LogP contribution is 2.30. The smallest absolute Gasteiger partial charge is 0.263 e. The van der Waals surface area contributed by atoms with Crippen LogP contribution in [0.3, 0.4) is 0 Å². The summed E-state index contributed by atoms with van der Waals surface area (Å²) in [4.78, 5) is 32.9. The van der Waals surface area contributed by atoms with Gasteiger partial charge in [0, 0.05) is 23.5 Å². The quantitative estimate of drug-likeness (QED) is 0.545. The second-order valence-corrected chi connectivity index (χ2v) is 11.6. The van der Waals surface area contributed by atoms with Crippen molar-refractivity contribution in [3.05, 3.63) is 52.1 Å². The molecule has 10 heteroatoms. The fraction of sp³-hybridized carbons (Fsp3) is 0.409. The molecule has 3 heterocycles. The number of carbonyl (C=O) groups is 1. The number of sulfone groups is 1. The van der Waals surface area contributed by atoms with E-state index in [4.69, 9.17) is 0 Å². The number of halogens is 1. The van der Waals surface area contributed by atoms with Gasteiger partial charge in [-0.1, -0.05) is 26.0 Å². The molecule has 1 aliphatic heterocycles. The van der Waals surface area contributed by atoms with Crippen molar-refractivity contribution < 1.29 is 17.6 Å². The van der Waals surface area contributed by atoms with E-state index >= 15 is 0 Å². The average molecular weight is 478 g/mol. The van der Waals surface area contributed by atoms with Crippen LogP contribution in [0.1, 0.15) is 20.3 Å². The van der Waals surface area contributed by atoms with Crippen molar-refractivity contribution >= 4 is 37.3 Å². The Labute approximate surface area is 189 Å². The third-order valence-electron chi connectivity index (χ3n) is 5.55. The average Bonchev–Trinajstić information content (AvgIpc) is 3.32. The summed E-state index contributed by atoms with van der Waals surface area (Å²) in [7, 11) is -3.15. The molecule has 1 fully saturated rings. The normalized spacial score (nSPS) is 17.8. The lowest BCUT2D eigenvalue weighted by Gasteiger charge is -2.30. The SMILES string of the molecule is CC(C)CN(C(=O)Cn1cnc2scc(-c3ccc(F)cc3)c2c1=O)C1CCS(=O)(=O)C1. The van der Waals surface area contributed by atoms with Crippen LogP contribution in [0.2, 0.25) is 0 Å². The van der Waals surface area contributed by atoms with Gasteiger partial charge in [-0.2, -0.15) is 0 Å². The third kappa shape index (κ3) is 4.61. The molecule has 1 saturated heterocycles. The van der Waals surface area contributed by atoms with Gasteiger partial charge in [-0.15, -0.1) is 11.3 Å². The molecule has 0 saturated carbocycles. The Bertz CT molecular complexity index is 1310. The monoisotopic (exact) mass is 477 g/mol. The van der Waals surface area contributed by atoms with Gasteiger partial charge in [-0.25, -0.2) is 17.8 Å². The summed E-state index contributed by atoms with van der Waals surface area (Å²) >= 11 is 1.31. The van der Waals surface area contributed by atoms with E-state index in [0.717, 1.165) is 0 Å². The van der Waals surface area contributed by atoms with Crippen molar-refractivity contribution in [3.8, 4) is 11.1 Å². The van der Waals surface area contributed by atoms with Crippen molar-refractivity contribution in [3.63, 3.8) is 0 Å². The molecule has 3 aromatic rings. The first-order chi connectivity index (χ1) is 15.1. The second-order valence-electron chi connectivity index (χ2n) is 8.51. The Morgan fingerprint density at radius 3 is 2.66 bits per heavy atom. The first-order valence-electron chi connectivity index (χ1n) is 10.4. The van der Waals surface area contributed by atoms with Crippen LogP contribution in [0.15, 0.2) is 40.8 Å². The first kappa shape index (κ1) is 22.6. The van der Waals surface area contributed by atoms with Gasteiger partial charge in [0.1, 0.15) is 17.2 Å². The molecule has 1 unspecified atom stereocenters. The van der Waals surface area contributed by atoms with E-state index in [9.17, 15) is 22.4 Å². The van der Waals surface area contributed by atoms with Crippen LogP contribution >= 0.6 is 11.3 Å². The van der Waals surface area contributed by atoms with Crippen molar-refractivity contribution in [1.29, 1.82) is 0 Å². The van der Waals surface area contributed by atoms with Crippen LogP contribution in [-0.4, -0.2) is 52.9 Å².